The lowest BCUT2D eigenvalue weighted by Gasteiger charge is -2.25. The second kappa shape index (κ2) is 7.11. The van der Waals surface area contributed by atoms with Crippen LogP contribution in [0.1, 0.15) is 31.2 Å². The van der Waals surface area contributed by atoms with Crippen molar-refractivity contribution in [3.8, 4) is 0 Å². The van der Waals surface area contributed by atoms with Crippen LogP contribution in [0.4, 0.5) is 0 Å². The predicted octanol–water partition coefficient (Wildman–Crippen LogP) is 3.43. The van der Waals surface area contributed by atoms with Crippen LogP contribution in [0.3, 0.4) is 0 Å². The molecule has 0 atom stereocenters. The lowest BCUT2D eigenvalue weighted by atomic mass is 9.93. The molecule has 5 heteroatoms. The Labute approximate surface area is 128 Å². The molecule has 2 rings (SSSR count). The van der Waals surface area contributed by atoms with E-state index in [1.807, 2.05) is 0 Å². The van der Waals surface area contributed by atoms with Gasteiger partial charge in [-0.05, 0) is 49.5 Å². The molecule has 1 fully saturated rings. The topological polar surface area (TPSA) is 49.3 Å². The zero-order valence-electron chi connectivity index (χ0n) is 11.0. The molecule has 108 valence electrons. The van der Waals surface area contributed by atoms with Gasteiger partial charge in [0.05, 0.1) is 16.1 Å². The fourth-order valence-corrected chi connectivity index (χ4v) is 2.56. The molecule has 1 amide bonds. The van der Waals surface area contributed by atoms with Gasteiger partial charge in [0.1, 0.15) is 0 Å². The van der Waals surface area contributed by atoms with E-state index in [1.54, 1.807) is 24.3 Å². The van der Waals surface area contributed by atoms with Gasteiger partial charge in [0.25, 0.3) is 0 Å². The van der Waals surface area contributed by atoms with Crippen LogP contribution in [0.25, 0.3) is 6.08 Å². The summed E-state index contributed by atoms with van der Waals surface area (Å²) in [7, 11) is 0. The van der Waals surface area contributed by atoms with Crippen LogP contribution in [0.15, 0.2) is 24.3 Å². The number of carbonyl (C=O) groups excluding carboxylic acids is 1. The van der Waals surface area contributed by atoms with E-state index in [-0.39, 0.29) is 18.1 Å². The molecule has 0 radical (unpaired) electrons. The number of nitrogens with one attached hydrogen (secondary N) is 1. The van der Waals surface area contributed by atoms with Crippen molar-refractivity contribution in [2.24, 2.45) is 0 Å². The van der Waals surface area contributed by atoms with Gasteiger partial charge in [0, 0.05) is 12.1 Å². The SMILES string of the molecule is O=C(C=Cc1ccc(Cl)c(Cl)c1)NC1CCC(O)CC1. The van der Waals surface area contributed by atoms with E-state index < -0.39 is 0 Å². The van der Waals surface area contributed by atoms with E-state index in [1.165, 1.54) is 6.08 Å². The number of amides is 1. The Kier molecular flexibility index (Phi) is 5.46. The van der Waals surface area contributed by atoms with E-state index >= 15 is 0 Å². The zero-order chi connectivity index (χ0) is 14.5. The summed E-state index contributed by atoms with van der Waals surface area (Å²) in [5.41, 5.74) is 0.827. The summed E-state index contributed by atoms with van der Waals surface area (Å²) in [5, 5.41) is 13.3. The third-order valence-electron chi connectivity index (χ3n) is 3.41. The van der Waals surface area contributed by atoms with E-state index in [9.17, 15) is 9.90 Å². The highest BCUT2D eigenvalue weighted by molar-refractivity contribution is 6.42. The Hall–Kier alpha value is -1.03. The molecule has 0 unspecified atom stereocenters. The van der Waals surface area contributed by atoms with Crippen molar-refractivity contribution in [2.75, 3.05) is 0 Å². The lowest BCUT2D eigenvalue weighted by molar-refractivity contribution is -0.117. The van der Waals surface area contributed by atoms with Gasteiger partial charge >= 0.3 is 0 Å². The molecule has 0 heterocycles. The fraction of sp³-hybridized carbons (Fsp3) is 0.400. The van der Waals surface area contributed by atoms with Gasteiger partial charge in [0.2, 0.25) is 5.91 Å². The maximum Gasteiger partial charge on any atom is 0.244 e. The van der Waals surface area contributed by atoms with Gasteiger partial charge in [-0.2, -0.15) is 0 Å². The van der Waals surface area contributed by atoms with E-state index in [2.05, 4.69) is 5.32 Å². The molecule has 0 aromatic heterocycles. The molecular formula is C15H17Cl2NO2. The van der Waals surface area contributed by atoms with Crippen LogP contribution in [-0.4, -0.2) is 23.2 Å². The number of benzene rings is 1. The van der Waals surface area contributed by atoms with Crippen molar-refractivity contribution in [1.29, 1.82) is 0 Å². The number of carbonyl (C=O) groups is 1. The molecule has 2 N–H and O–H groups in total. The number of halogens is 2. The third kappa shape index (κ3) is 4.51. The molecular weight excluding hydrogens is 297 g/mol. The van der Waals surface area contributed by atoms with Crippen molar-refractivity contribution in [2.45, 2.75) is 37.8 Å². The minimum Gasteiger partial charge on any atom is -0.393 e. The van der Waals surface area contributed by atoms with Crippen molar-refractivity contribution in [3.05, 3.63) is 39.9 Å². The Morgan fingerprint density at radius 3 is 2.55 bits per heavy atom. The Bertz CT molecular complexity index is 509. The predicted molar refractivity (Wildman–Crippen MR) is 81.9 cm³/mol. The zero-order valence-corrected chi connectivity index (χ0v) is 12.5. The molecule has 1 aromatic carbocycles. The molecule has 1 aliphatic carbocycles. The van der Waals surface area contributed by atoms with Crippen molar-refractivity contribution >= 4 is 35.2 Å². The number of rotatable bonds is 3. The second-order valence-corrected chi connectivity index (χ2v) is 5.84. The summed E-state index contributed by atoms with van der Waals surface area (Å²) in [4.78, 5) is 11.8. The Morgan fingerprint density at radius 1 is 1.20 bits per heavy atom. The maximum absolute atomic E-state index is 11.8. The van der Waals surface area contributed by atoms with Crippen molar-refractivity contribution in [3.63, 3.8) is 0 Å². The maximum atomic E-state index is 11.8. The molecule has 1 saturated carbocycles. The lowest BCUT2D eigenvalue weighted by Crippen LogP contribution is -2.37. The van der Waals surface area contributed by atoms with Crippen LogP contribution in [0, 0.1) is 0 Å². The van der Waals surface area contributed by atoms with Gasteiger partial charge < -0.3 is 10.4 Å². The number of hydrogen-bond acceptors (Lipinski definition) is 2. The summed E-state index contributed by atoms with van der Waals surface area (Å²) in [6, 6.07) is 5.37. The minimum absolute atomic E-state index is 0.127. The van der Waals surface area contributed by atoms with E-state index in [4.69, 9.17) is 23.2 Å². The van der Waals surface area contributed by atoms with E-state index in [0.29, 0.717) is 10.0 Å². The first-order valence-electron chi connectivity index (χ1n) is 6.66. The first kappa shape index (κ1) is 15.4. The average Bonchev–Trinajstić information content (AvgIpc) is 2.43. The van der Waals surface area contributed by atoms with Crippen LogP contribution in [0.2, 0.25) is 10.0 Å². The highest BCUT2D eigenvalue weighted by Gasteiger charge is 2.19. The van der Waals surface area contributed by atoms with Crippen LogP contribution >= 0.6 is 23.2 Å². The highest BCUT2D eigenvalue weighted by atomic mass is 35.5. The smallest absolute Gasteiger partial charge is 0.244 e. The Morgan fingerprint density at radius 2 is 1.90 bits per heavy atom. The number of aliphatic hydroxyl groups excluding tert-OH is 1. The standard InChI is InChI=1S/C15H17Cl2NO2/c16-13-7-1-10(9-14(13)17)2-8-15(20)18-11-3-5-12(19)6-4-11/h1-2,7-9,11-12,19H,3-6H2,(H,18,20). The number of aliphatic hydroxyl groups is 1. The molecule has 1 aromatic rings. The largest absolute Gasteiger partial charge is 0.393 e. The molecule has 3 nitrogen and oxygen atoms in total. The van der Waals surface area contributed by atoms with Gasteiger partial charge in [0.15, 0.2) is 0 Å². The van der Waals surface area contributed by atoms with Crippen LogP contribution in [-0.2, 0) is 4.79 Å². The summed E-state index contributed by atoms with van der Waals surface area (Å²) in [6.45, 7) is 0. The monoisotopic (exact) mass is 313 g/mol. The normalized spacial score (nSPS) is 22.9. The van der Waals surface area contributed by atoms with Crippen LogP contribution in [0.5, 0.6) is 0 Å². The summed E-state index contributed by atoms with van der Waals surface area (Å²) in [5.74, 6) is -0.127. The van der Waals surface area contributed by atoms with Gasteiger partial charge in [-0.3, -0.25) is 4.79 Å². The molecule has 0 saturated heterocycles. The molecule has 0 bridgehead atoms. The van der Waals surface area contributed by atoms with Gasteiger partial charge in [-0.15, -0.1) is 0 Å². The second-order valence-electron chi connectivity index (χ2n) is 5.02. The first-order chi connectivity index (χ1) is 9.54. The van der Waals surface area contributed by atoms with Gasteiger partial charge in [-0.25, -0.2) is 0 Å². The molecule has 1 aliphatic rings. The molecule has 0 spiro atoms. The summed E-state index contributed by atoms with van der Waals surface area (Å²) in [6.07, 6.45) is 6.14. The summed E-state index contributed by atoms with van der Waals surface area (Å²) < 4.78 is 0. The minimum atomic E-state index is -0.213. The highest BCUT2D eigenvalue weighted by Crippen LogP contribution is 2.23. The number of hydrogen-bond donors (Lipinski definition) is 2. The molecule has 0 aliphatic heterocycles. The fourth-order valence-electron chi connectivity index (χ4n) is 2.26. The van der Waals surface area contributed by atoms with E-state index in [0.717, 1.165) is 31.2 Å². The third-order valence-corrected chi connectivity index (χ3v) is 4.15. The Balaban J connectivity index is 1.87. The first-order valence-corrected chi connectivity index (χ1v) is 7.42. The quantitative estimate of drug-likeness (QED) is 0.840. The van der Waals surface area contributed by atoms with Crippen LogP contribution < -0.4 is 5.32 Å². The van der Waals surface area contributed by atoms with Crippen molar-refractivity contribution < 1.29 is 9.90 Å². The van der Waals surface area contributed by atoms with Crippen molar-refractivity contribution in [1.82, 2.24) is 5.32 Å². The molecule has 20 heavy (non-hydrogen) atoms. The summed E-state index contributed by atoms with van der Waals surface area (Å²) >= 11 is 11.7. The average molecular weight is 314 g/mol. The van der Waals surface area contributed by atoms with Gasteiger partial charge in [-0.1, -0.05) is 29.3 Å².